The first kappa shape index (κ1) is 20.4. The number of imide groups is 1. The van der Waals surface area contributed by atoms with E-state index in [0.29, 0.717) is 11.6 Å². The summed E-state index contributed by atoms with van der Waals surface area (Å²) in [5.74, 6) is 0. The third kappa shape index (κ3) is 4.81. The van der Waals surface area contributed by atoms with E-state index in [-0.39, 0.29) is 10.9 Å². The van der Waals surface area contributed by atoms with Gasteiger partial charge in [0.1, 0.15) is 0 Å². The van der Waals surface area contributed by atoms with Gasteiger partial charge in [0, 0.05) is 25.2 Å². The number of nitrogens with zero attached hydrogens (tertiary/aromatic N) is 4. The predicted molar refractivity (Wildman–Crippen MR) is 93.8 cm³/mol. The SMILES string of the molecule is CCCn1ccs/c1=N/S(=O)(=O)NC(=O)N1NC(OC(C)C)N(C)C1=O. The Hall–Kier alpha value is -1.96. The summed E-state index contributed by atoms with van der Waals surface area (Å²) in [6, 6.07) is -1.92. The van der Waals surface area contributed by atoms with Gasteiger partial charge in [-0.25, -0.2) is 14.3 Å². The summed E-state index contributed by atoms with van der Waals surface area (Å²) in [4.78, 5) is 25.7. The van der Waals surface area contributed by atoms with Crippen molar-refractivity contribution in [2.75, 3.05) is 7.05 Å². The summed E-state index contributed by atoms with van der Waals surface area (Å²) in [5, 5.41) is 2.23. The molecule has 2 heterocycles. The van der Waals surface area contributed by atoms with Crippen molar-refractivity contribution in [3.05, 3.63) is 16.4 Å². The fourth-order valence-electron chi connectivity index (χ4n) is 2.10. The van der Waals surface area contributed by atoms with Crippen LogP contribution in [0.15, 0.2) is 16.0 Å². The number of aryl methyl sites for hydroxylation is 1. The van der Waals surface area contributed by atoms with E-state index in [1.807, 2.05) is 6.92 Å². The number of ether oxygens (including phenoxy) is 1. The van der Waals surface area contributed by atoms with Crippen LogP contribution in [0.25, 0.3) is 0 Å². The fraction of sp³-hybridized carbons (Fsp3) is 0.615. The zero-order chi connectivity index (χ0) is 19.5. The maximum atomic E-state index is 12.2. The number of carbonyl (C=O) groups excluding carboxylic acids is 2. The zero-order valence-corrected chi connectivity index (χ0v) is 16.5. The van der Waals surface area contributed by atoms with Gasteiger partial charge in [-0.05, 0) is 20.3 Å². The normalized spacial score (nSPS) is 18.9. The number of hydrazine groups is 1. The van der Waals surface area contributed by atoms with Crippen LogP contribution in [-0.4, -0.2) is 54.5 Å². The van der Waals surface area contributed by atoms with Gasteiger partial charge in [-0.15, -0.1) is 15.7 Å². The summed E-state index contributed by atoms with van der Waals surface area (Å²) in [6.07, 6.45) is 1.42. The molecule has 1 atom stereocenters. The first-order valence-corrected chi connectivity index (χ1v) is 10.2. The van der Waals surface area contributed by atoms with Crippen molar-refractivity contribution in [2.24, 2.45) is 4.40 Å². The summed E-state index contributed by atoms with van der Waals surface area (Å²) in [7, 11) is -2.92. The Bertz CT molecular complexity index is 830. The van der Waals surface area contributed by atoms with E-state index in [0.717, 1.165) is 22.7 Å². The van der Waals surface area contributed by atoms with E-state index in [1.54, 1.807) is 34.7 Å². The topological polar surface area (TPSA) is 125 Å². The standard InChI is InChI=1S/C13H22N6O5S2/c1-5-6-18-7-8-25-12(18)16-26(22,23)15-10(20)19-13(21)17(4)11(14-19)24-9(2)3/h7-9,11,14H,5-6H2,1-4H3,(H,15,20)/b16-12+. The average molecular weight is 406 g/mol. The van der Waals surface area contributed by atoms with Crippen molar-refractivity contribution in [1.82, 2.24) is 24.6 Å². The second-order valence-corrected chi connectivity index (χ2v) is 7.96. The lowest BCUT2D eigenvalue weighted by molar-refractivity contribution is -0.0685. The van der Waals surface area contributed by atoms with Gasteiger partial charge in [0.15, 0.2) is 0 Å². The second-order valence-electron chi connectivity index (χ2n) is 5.75. The first-order chi connectivity index (χ1) is 12.1. The molecule has 1 aromatic heterocycles. The molecule has 1 aromatic rings. The zero-order valence-electron chi connectivity index (χ0n) is 14.9. The van der Waals surface area contributed by atoms with Crippen LogP contribution in [0, 0.1) is 0 Å². The van der Waals surface area contributed by atoms with E-state index in [9.17, 15) is 18.0 Å². The number of aromatic nitrogens is 1. The molecule has 4 amide bonds. The molecule has 1 unspecified atom stereocenters. The number of hydrogen-bond acceptors (Lipinski definition) is 7. The van der Waals surface area contributed by atoms with Crippen molar-refractivity contribution < 1.29 is 22.7 Å². The molecule has 0 bridgehead atoms. The average Bonchev–Trinajstić information content (AvgIpc) is 3.06. The molecule has 0 radical (unpaired) electrons. The third-order valence-electron chi connectivity index (χ3n) is 3.23. The number of nitrogens with one attached hydrogen (secondary N) is 2. The number of rotatable bonds is 6. The van der Waals surface area contributed by atoms with Crippen molar-refractivity contribution in [2.45, 2.75) is 46.2 Å². The van der Waals surface area contributed by atoms with Gasteiger partial charge < -0.3 is 9.30 Å². The van der Waals surface area contributed by atoms with Crippen LogP contribution < -0.4 is 14.9 Å². The molecule has 0 saturated carbocycles. The number of urea groups is 2. The monoisotopic (exact) mass is 406 g/mol. The molecular formula is C13H22N6O5S2. The van der Waals surface area contributed by atoms with Crippen molar-refractivity contribution in [1.29, 1.82) is 0 Å². The lowest BCUT2D eigenvalue weighted by Crippen LogP contribution is -2.49. The van der Waals surface area contributed by atoms with E-state index < -0.39 is 28.6 Å². The van der Waals surface area contributed by atoms with Crippen molar-refractivity contribution >= 4 is 33.6 Å². The highest BCUT2D eigenvalue weighted by Crippen LogP contribution is 2.12. The minimum Gasteiger partial charge on any atom is -0.341 e. The predicted octanol–water partition coefficient (Wildman–Crippen LogP) is 0.395. The van der Waals surface area contributed by atoms with E-state index in [4.69, 9.17) is 4.74 Å². The van der Waals surface area contributed by atoms with Crippen molar-refractivity contribution in [3.8, 4) is 0 Å². The number of hydrogen-bond donors (Lipinski definition) is 2. The molecule has 1 aliphatic heterocycles. The van der Waals surface area contributed by atoms with Crippen LogP contribution in [-0.2, 0) is 21.5 Å². The van der Waals surface area contributed by atoms with Gasteiger partial charge in [-0.1, -0.05) is 6.92 Å². The Balaban J connectivity index is 2.13. The lowest BCUT2D eigenvalue weighted by atomic mass is 10.5. The summed E-state index contributed by atoms with van der Waals surface area (Å²) in [6.45, 7) is 6.07. The lowest BCUT2D eigenvalue weighted by Gasteiger charge is -2.19. The molecule has 26 heavy (non-hydrogen) atoms. The van der Waals surface area contributed by atoms with Crippen LogP contribution in [0.3, 0.4) is 0 Å². The Morgan fingerprint density at radius 2 is 2.19 bits per heavy atom. The molecule has 11 nitrogen and oxygen atoms in total. The van der Waals surface area contributed by atoms with Crippen LogP contribution in [0.4, 0.5) is 9.59 Å². The molecule has 0 aliphatic carbocycles. The molecule has 146 valence electrons. The van der Waals surface area contributed by atoms with E-state index in [1.165, 1.54) is 7.05 Å². The smallest absolute Gasteiger partial charge is 0.341 e. The van der Waals surface area contributed by atoms with Gasteiger partial charge in [0.25, 0.3) is 0 Å². The highest BCUT2D eigenvalue weighted by atomic mass is 32.2. The Morgan fingerprint density at radius 3 is 2.81 bits per heavy atom. The van der Waals surface area contributed by atoms with Gasteiger partial charge in [-0.2, -0.15) is 18.9 Å². The Morgan fingerprint density at radius 1 is 1.50 bits per heavy atom. The molecule has 1 fully saturated rings. The van der Waals surface area contributed by atoms with Gasteiger partial charge >= 0.3 is 22.3 Å². The van der Waals surface area contributed by atoms with Crippen LogP contribution in [0.1, 0.15) is 27.2 Å². The summed E-state index contributed by atoms with van der Waals surface area (Å²) >= 11 is 1.13. The molecule has 1 saturated heterocycles. The highest BCUT2D eigenvalue weighted by Gasteiger charge is 2.40. The quantitative estimate of drug-likeness (QED) is 0.704. The third-order valence-corrected chi connectivity index (χ3v) is 4.98. The number of carbonyl (C=O) groups is 2. The fourth-order valence-corrected chi connectivity index (χ4v) is 3.85. The minimum absolute atomic E-state index is 0.211. The molecule has 1 aliphatic rings. The Labute approximate surface area is 155 Å². The molecule has 2 rings (SSSR count). The summed E-state index contributed by atoms with van der Waals surface area (Å²) < 4.78 is 36.8. The molecule has 2 N–H and O–H groups in total. The number of thiazole rings is 1. The van der Waals surface area contributed by atoms with Gasteiger partial charge in [-0.3, -0.25) is 4.90 Å². The molecule has 0 aromatic carbocycles. The maximum Gasteiger partial charge on any atom is 0.355 e. The highest BCUT2D eigenvalue weighted by molar-refractivity contribution is 7.88. The van der Waals surface area contributed by atoms with Gasteiger partial charge in [0.2, 0.25) is 11.2 Å². The van der Waals surface area contributed by atoms with Crippen molar-refractivity contribution in [3.63, 3.8) is 0 Å². The molecular weight excluding hydrogens is 384 g/mol. The molecule has 13 heteroatoms. The van der Waals surface area contributed by atoms with E-state index >= 15 is 0 Å². The van der Waals surface area contributed by atoms with Crippen LogP contribution in [0.2, 0.25) is 0 Å². The van der Waals surface area contributed by atoms with Crippen LogP contribution in [0.5, 0.6) is 0 Å². The maximum absolute atomic E-state index is 12.2. The minimum atomic E-state index is -4.34. The van der Waals surface area contributed by atoms with Gasteiger partial charge in [0.05, 0.1) is 6.10 Å². The number of amides is 4. The largest absolute Gasteiger partial charge is 0.355 e. The Kier molecular flexibility index (Phi) is 6.39. The molecule has 0 spiro atoms. The van der Waals surface area contributed by atoms with E-state index in [2.05, 4.69) is 9.82 Å². The summed E-state index contributed by atoms with van der Waals surface area (Å²) in [5.41, 5.74) is 2.50. The van der Waals surface area contributed by atoms with Crippen LogP contribution >= 0.6 is 11.3 Å². The first-order valence-electron chi connectivity index (χ1n) is 7.89. The second kappa shape index (κ2) is 8.16.